The van der Waals surface area contributed by atoms with E-state index in [1.807, 2.05) is 24.3 Å². The highest BCUT2D eigenvalue weighted by molar-refractivity contribution is 6.06. The number of para-hydroxylation sites is 1. The first-order valence-corrected chi connectivity index (χ1v) is 6.62. The lowest BCUT2D eigenvalue weighted by atomic mass is 10.1. The SMILES string of the molecule is O=CN1CCN(C(=O)c2ccnc3ccccc23)CC1. The monoisotopic (exact) mass is 269 g/mol. The van der Waals surface area contributed by atoms with Gasteiger partial charge in [-0.15, -0.1) is 0 Å². The van der Waals surface area contributed by atoms with Gasteiger partial charge in [-0.1, -0.05) is 18.2 Å². The number of hydrogen-bond acceptors (Lipinski definition) is 3. The van der Waals surface area contributed by atoms with Gasteiger partial charge in [-0.05, 0) is 12.1 Å². The molecule has 0 saturated carbocycles. The molecule has 0 radical (unpaired) electrons. The Morgan fingerprint density at radius 2 is 1.85 bits per heavy atom. The van der Waals surface area contributed by atoms with E-state index in [0.717, 1.165) is 17.3 Å². The van der Waals surface area contributed by atoms with Crippen LogP contribution in [-0.4, -0.2) is 53.3 Å². The zero-order valence-electron chi connectivity index (χ0n) is 11.0. The smallest absolute Gasteiger partial charge is 0.254 e. The van der Waals surface area contributed by atoms with Crippen molar-refractivity contribution in [2.24, 2.45) is 0 Å². The molecule has 0 atom stereocenters. The maximum Gasteiger partial charge on any atom is 0.254 e. The fourth-order valence-electron chi connectivity index (χ4n) is 2.48. The molecule has 1 aromatic heterocycles. The number of amides is 2. The maximum absolute atomic E-state index is 12.6. The predicted octanol–water partition coefficient (Wildman–Crippen LogP) is 1.15. The first-order valence-electron chi connectivity index (χ1n) is 6.62. The van der Waals surface area contributed by atoms with Gasteiger partial charge in [0.2, 0.25) is 6.41 Å². The van der Waals surface area contributed by atoms with E-state index in [1.165, 1.54) is 0 Å². The van der Waals surface area contributed by atoms with Crippen molar-refractivity contribution in [3.8, 4) is 0 Å². The van der Waals surface area contributed by atoms with Gasteiger partial charge in [-0.2, -0.15) is 0 Å². The van der Waals surface area contributed by atoms with Crippen LogP contribution in [0.15, 0.2) is 36.5 Å². The summed E-state index contributed by atoms with van der Waals surface area (Å²) in [4.78, 5) is 31.0. The van der Waals surface area contributed by atoms with Gasteiger partial charge in [0.25, 0.3) is 5.91 Å². The lowest BCUT2D eigenvalue weighted by molar-refractivity contribution is -0.119. The molecule has 0 unspecified atom stereocenters. The molecule has 1 aliphatic heterocycles. The van der Waals surface area contributed by atoms with Crippen LogP contribution in [-0.2, 0) is 4.79 Å². The van der Waals surface area contributed by atoms with Crippen LogP contribution >= 0.6 is 0 Å². The number of benzene rings is 1. The lowest BCUT2D eigenvalue weighted by Crippen LogP contribution is -2.48. The number of fused-ring (bicyclic) bond motifs is 1. The Labute approximate surface area is 116 Å². The summed E-state index contributed by atoms with van der Waals surface area (Å²) < 4.78 is 0. The molecule has 0 N–H and O–H groups in total. The van der Waals surface area contributed by atoms with Crippen LogP contribution in [0, 0.1) is 0 Å². The topological polar surface area (TPSA) is 53.5 Å². The van der Waals surface area contributed by atoms with Gasteiger partial charge in [-0.25, -0.2) is 0 Å². The van der Waals surface area contributed by atoms with E-state index in [9.17, 15) is 9.59 Å². The van der Waals surface area contributed by atoms with Gasteiger partial charge in [0.15, 0.2) is 0 Å². The second kappa shape index (κ2) is 5.28. The summed E-state index contributed by atoms with van der Waals surface area (Å²) in [5.74, 6) is 0.00847. The standard InChI is InChI=1S/C15H15N3O2/c19-11-17-7-9-18(10-8-17)15(20)13-5-6-16-14-4-2-1-3-12(13)14/h1-6,11H,7-10H2. The fraction of sp³-hybridized carbons (Fsp3) is 0.267. The van der Waals surface area contributed by atoms with Crippen molar-refractivity contribution in [3.63, 3.8) is 0 Å². The van der Waals surface area contributed by atoms with Crippen LogP contribution in [0.3, 0.4) is 0 Å². The summed E-state index contributed by atoms with van der Waals surface area (Å²) in [5, 5.41) is 0.873. The molecule has 5 nitrogen and oxygen atoms in total. The Hall–Kier alpha value is -2.43. The number of carbonyl (C=O) groups excluding carboxylic acids is 2. The summed E-state index contributed by atoms with van der Waals surface area (Å²) in [7, 11) is 0. The van der Waals surface area contributed by atoms with Crippen LogP contribution in [0.2, 0.25) is 0 Å². The zero-order valence-corrected chi connectivity index (χ0v) is 11.0. The molecule has 1 saturated heterocycles. The average molecular weight is 269 g/mol. The van der Waals surface area contributed by atoms with Crippen molar-refractivity contribution in [3.05, 3.63) is 42.1 Å². The van der Waals surface area contributed by atoms with E-state index in [1.54, 1.807) is 22.1 Å². The molecular formula is C15H15N3O2. The second-order valence-electron chi connectivity index (χ2n) is 4.81. The third-order valence-corrected chi connectivity index (χ3v) is 3.63. The van der Waals surface area contributed by atoms with Gasteiger partial charge in [0.1, 0.15) is 0 Å². The highest BCUT2D eigenvalue weighted by Crippen LogP contribution is 2.18. The Balaban J connectivity index is 1.88. The molecule has 1 aromatic carbocycles. The number of hydrogen-bond donors (Lipinski definition) is 0. The van der Waals surface area contributed by atoms with E-state index < -0.39 is 0 Å². The summed E-state index contributed by atoms with van der Waals surface area (Å²) in [6, 6.07) is 9.39. The average Bonchev–Trinajstić information content (AvgIpc) is 2.54. The lowest BCUT2D eigenvalue weighted by Gasteiger charge is -2.32. The molecule has 2 heterocycles. The molecule has 20 heavy (non-hydrogen) atoms. The van der Waals surface area contributed by atoms with E-state index in [-0.39, 0.29) is 5.91 Å². The summed E-state index contributed by atoms with van der Waals surface area (Å²) in [6.07, 6.45) is 2.50. The van der Waals surface area contributed by atoms with Gasteiger partial charge in [0, 0.05) is 37.8 Å². The normalized spacial score (nSPS) is 15.4. The van der Waals surface area contributed by atoms with Crippen molar-refractivity contribution >= 4 is 23.2 Å². The summed E-state index contributed by atoms with van der Waals surface area (Å²) in [6.45, 7) is 2.35. The Morgan fingerprint density at radius 1 is 1.10 bits per heavy atom. The predicted molar refractivity (Wildman–Crippen MR) is 75.3 cm³/mol. The largest absolute Gasteiger partial charge is 0.342 e. The van der Waals surface area contributed by atoms with E-state index in [4.69, 9.17) is 0 Å². The highest BCUT2D eigenvalue weighted by Gasteiger charge is 2.22. The molecule has 2 amide bonds. The minimum Gasteiger partial charge on any atom is -0.342 e. The summed E-state index contributed by atoms with van der Waals surface area (Å²) in [5.41, 5.74) is 1.50. The maximum atomic E-state index is 12.6. The van der Waals surface area contributed by atoms with Crippen molar-refractivity contribution in [1.82, 2.24) is 14.8 Å². The molecule has 3 rings (SSSR count). The molecule has 0 bridgehead atoms. The van der Waals surface area contributed by atoms with Crippen LogP contribution in [0.4, 0.5) is 0 Å². The minimum absolute atomic E-state index is 0.00847. The molecule has 2 aromatic rings. The molecule has 1 fully saturated rings. The highest BCUT2D eigenvalue weighted by atomic mass is 16.2. The van der Waals surface area contributed by atoms with Gasteiger partial charge in [-0.3, -0.25) is 14.6 Å². The molecule has 5 heteroatoms. The molecule has 1 aliphatic rings. The first-order chi connectivity index (χ1) is 9.79. The van der Waals surface area contributed by atoms with Crippen molar-refractivity contribution < 1.29 is 9.59 Å². The fourth-order valence-corrected chi connectivity index (χ4v) is 2.48. The third kappa shape index (κ3) is 2.22. The van der Waals surface area contributed by atoms with Crippen LogP contribution < -0.4 is 0 Å². The van der Waals surface area contributed by atoms with Crippen molar-refractivity contribution in [1.29, 1.82) is 0 Å². The Morgan fingerprint density at radius 3 is 2.60 bits per heavy atom. The van der Waals surface area contributed by atoms with E-state index in [0.29, 0.717) is 31.7 Å². The van der Waals surface area contributed by atoms with Gasteiger partial charge < -0.3 is 9.80 Å². The minimum atomic E-state index is 0.00847. The number of pyridine rings is 1. The summed E-state index contributed by atoms with van der Waals surface area (Å²) >= 11 is 0. The first kappa shape index (κ1) is 12.6. The second-order valence-corrected chi connectivity index (χ2v) is 4.81. The number of aromatic nitrogens is 1. The number of carbonyl (C=O) groups is 2. The third-order valence-electron chi connectivity index (χ3n) is 3.63. The number of nitrogens with zero attached hydrogens (tertiary/aromatic N) is 3. The zero-order chi connectivity index (χ0) is 13.9. The van der Waals surface area contributed by atoms with Crippen LogP contribution in [0.1, 0.15) is 10.4 Å². The Kier molecular flexibility index (Phi) is 3.33. The van der Waals surface area contributed by atoms with E-state index >= 15 is 0 Å². The van der Waals surface area contributed by atoms with Gasteiger partial charge in [0.05, 0.1) is 11.1 Å². The molecule has 102 valence electrons. The van der Waals surface area contributed by atoms with Crippen molar-refractivity contribution in [2.75, 3.05) is 26.2 Å². The molecule has 0 aliphatic carbocycles. The molecular weight excluding hydrogens is 254 g/mol. The number of piperazine rings is 1. The molecule has 0 spiro atoms. The number of rotatable bonds is 2. The quantitative estimate of drug-likeness (QED) is 0.768. The van der Waals surface area contributed by atoms with Crippen LogP contribution in [0.5, 0.6) is 0 Å². The Bertz CT molecular complexity index is 643. The van der Waals surface area contributed by atoms with Gasteiger partial charge >= 0.3 is 0 Å². The van der Waals surface area contributed by atoms with Crippen LogP contribution in [0.25, 0.3) is 10.9 Å². The van der Waals surface area contributed by atoms with E-state index in [2.05, 4.69) is 4.98 Å². The van der Waals surface area contributed by atoms with Crippen molar-refractivity contribution in [2.45, 2.75) is 0 Å².